The molecule has 0 bridgehead atoms. The van der Waals surface area contributed by atoms with Crippen LogP contribution >= 0.6 is 0 Å². The maximum Gasteiger partial charge on any atom is 0.233 e. The van der Waals surface area contributed by atoms with E-state index in [0.29, 0.717) is 37.4 Å². The molecule has 0 N–H and O–H groups in total. The van der Waals surface area contributed by atoms with Crippen LogP contribution in [0, 0.1) is 11.6 Å². The van der Waals surface area contributed by atoms with Crippen LogP contribution in [0.2, 0.25) is 0 Å². The van der Waals surface area contributed by atoms with Crippen LogP contribution in [-0.2, 0) is 10.2 Å². The van der Waals surface area contributed by atoms with Crippen molar-refractivity contribution in [3.05, 3.63) is 65.2 Å². The Hall–Kier alpha value is -2.76. The fraction of sp³-hybridized carbons (Fsp3) is 0.391. The Morgan fingerprint density at radius 2 is 1.69 bits per heavy atom. The van der Waals surface area contributed by atoms with E-state index in [1.54, 1.807) is 18.2 Å². The van der Waals surface area contributed by atoms with Crippen molar-refractivity contribution in [1.82, 2.24) is 4.90 Å². The third-order valence-corrected chi connectivity index (χ3v) is 6.26. The molecule has 152 valence electrons. The molecule has 1 aliphatic carbocycles. The summed E-state index contributed by atoms with van der Waals surface area (Å²) >= 11 is 0. The predicted octanol–water partition coefficient (Wildman–Crippen LogP) is 3.94. The molecule has 0 unspecified atom stereocenters. The van der Waals surface area contributed by atoms with Gasteiger partial charge in [-0.05, 0) is 55.7 Å². The van der Waals surface area contributed by atoms with Crippen molar-refractivity contribution in [2.75, 3.05) is 31.1 Å². The number of amides is 1. The quantitative estimate of drug-likeness (QED) is 0.733. The molecule has 0 aromatic heterocycles. The number of ketones is 1. The summed E-state index contributed by atoms with van der Waals surface area (Å²) in [5.74, 6) is -0.876. The molecule has 2 aliphatic rings. The number of halogens is 2. The molecule has 4 nitrogen and oxygen atoms in total. The van der Waals surface area contributed by atoms with Crippen molar-refractivity contribution in [1.29, 1.82) is 0 Å². The van der Waals surface area contributed by atoms with Crippen LogP contribution in [0.25, 0.3) is 0 Å². The molecule has 4 rings (SSSR count). The number of carbonyl (C=O) groups is 2. The van der Waals surface area contributed by atoms with Gasteiger partial charge in [-0.2, -0.15) is 0 Å². The number of hydrogen-bond acceptors (Lipinski definition) is 3. The predicted molar refractivity (Wildman–Crippen MR) is 107 cm³/mol. The van der Waals surface area contributed by atoms with E-state index >= 15 is 0 Å². The van der Waals surface area contributed by atoms with Crippen LogP contribution in [-0.4, -0.2) is 42.8 Å². The van der Waals surface area contributed by atoms with E-state index in [-0.39, 0.29) is 17.5 Å². The van der Waals surface area contributed by atoms with Gasteiger partial charge in [0.15, 0.2) is 5.78 Å². The minimum Gasteiger partial charge on any atom is -0.366 e. The molecular formula is C23H24F2N2O2. The molecular weight excluding hydrogens is 374 g/mol. The number of benzene rings is 2. The standard InChI is InChI=1S/C23H24F2N2O2/c1-16(28)17-6-7-21(20(25)14-17)26-10-12-27(13-11-26)22(29)23(8-3-9-23)18-4-2-5-19(24)15-18/h2,4-7,14-15H,3,8-13H2,1H3. The zero-order valence-electron chi connectivity index (χ0n) is 16.5. The summed E-state index contributed by atoms with van der Waals surface area (Å²) in [7, 11) is 0. The Kier molecular flexibility index (Phi) is 5.11. The summed E-state index contributed by atoms with van der Waals surface area (Å²) in [5, 5.41) is 0. The third kappa shape index (κ3) is 3.52. The summed E-state index contributed by atoms with van der Waals surface area (Å²) in [6.45, 7) is 3.42. The first-order chi connectivity index (χ1) is 13.9. The Balaban J connectivity index is 1.47. The summed E-state index contributed by atoms with van der Waals surface area (Å²) in [5.41, 5.74) is 0.924. The highest BCUT2D eigenvalue weighted by atomic mass is 19.1. The maximum absolute atomic E-state index is 14.5. The number of carbonyl (C=O) groups excluding carboxylic acids is 2. The molecule has 1 amide bonds. The minimum absolute atomic E-state index is 0.0430. The molecule has 2 aromatic rings. The number of nitrogens with zero attached hydrogens (tertiary/aromatic N) is 2. The van der Waals surface area contributed by atoms with Gasteiger partial charge in [-0.3, -0.25) is 9.59 Å². The van der Waals surface area contributed by atoms with Crippen LogP contribution < -0.4 is 4.90 Å². The highest BCUT2D eigenvalue weighted by Crippen LogP contribution is 2.45. The summed E-state index contributed by atoms with van der Waals surface area (Å²) in [4.78, 5) is 28.5. The molecule has 0 spiro atoms. The maximum atomic E-state index is 14.5. The van der Waals surface area contributed by atoms with E-state index < -0.39 is 11.2 Å². The summed E-state index contributed by atoms with van der Waals surface area (Å²) < 4.78 is 28.2. The van der Waals surface area contributed by atoms with Gasteiger partial charge < -0.3 is 9.80 Å². The van der Waals surface area contributed by atoms with Crippen molar-refractivity contribution in [2.45, 2.75) is 31.6 Å². The van der Waals surface area contributed by atoms with Crippen molar-refractivity contribution in [2.24, 2.45) is 0 Å². The smallest absolute Gasteiger partial charge is 0.233 e. The van der Waals surface area contributed by atoms with Crippen molar-refractivity contribution in [3.63, 3.8) is 0 Å². The Morgan fingerprint density at radius 3 is 2.24 bits per heavy atom. The molecule has 1 aliphatic heterocycles. The third-order valence-electron chi connectivity index (χ3n) is 6.26. The first-order valence-electron chi connectivity index (χ1n) is 10.0. The van der Waals surface area contributed by atoms with Gasteiger partial charge in [0.05, 0.1) is 11.1 Å². The lowest BCUT2D eigenvalue weighted by atomic mass is 9.63. The van der Waals surface area contributed by atoms with Crippen molar-refractivity contribution >= 4 is 17.4 Å². The average molecular weight is 398 g/mol. The van der Waals surface area contributed by atoms with Gasteiger partial charge in [-0.25, -0.2) is 8.78 Å². The molecule has 29 heavy (non-hydrogen) atoms. The number of hydrogen-bond donors (Lipinski definition) is 0. The first kappa shape index (κ1) is 19.6. The van der Waals surface area contributed by atoms with E-state index in [2.05, 4.69) is 0 Å². The summed E-state index contributed by atoms with van der Waals surface area (Å²) in [6, 6.07) is 10.9. The molecule has 0 atom stereocenters. The van der Waals surface area contributed by atoms with E-state index in [9.17, 15) is 18.4 Å². The average Bonchev–Trinajstić information content (AvgIpc) is 2.67. The van der Waals surface area contributed by atoms with Gasteiger partial charge in [-0.1, -0.05) is 18.6 Å². The zero-order chi connectivity index (χ0) is 20.6. The molecule has 2 aromatic carbocycles. The largest absolute Gasteiger partial charge is 0.366 e. The Morgan fingerprint density at radius 1 is 0.966 bits per heavy atom. The van der Waals surface area contributed by atoms with Crippen LogP contribution in [0.15, 0.2) is 42.5 Å². The number of Topliss-reactive ketones (excluding diaryl/α,β-unsaturated/α-hetero) is 1. The molecule has 1 saturated carbocycles. The molecule has 0 radical (unpaired) electrons. The van der Waals surface area contributed by atoms with E-state index in [1.165, 1.54) is 25.1 Å². The first-order valence-corrected chi connectivity index (χ1v) is 10.0. The van der Waals surface area contributed by atoms with Crippen LogP contribution in [0.1, 0.15) is 42.1 Å². The van der Waals surface area contributed by atoms with Gasteiger partial charge in [-0.15, -0.1) is 0 Å². The normalized spacial score (nSPS) is 18.3. The fourth-order valence-electron chi connectivity index (χ4n) is 4.38. The molecule has 1 saturated heterocycles. The lowest BCUT2D eigenvalue weighted by Crippen LogP contribution is -2.57. The van der Waals surface area contributed by atoms with Gasteiger partial charge in [0.2, 0.25) is 5.91 Å². The lowest BCUT2D eigenvalue weighted by Gasteiger charge is -2.46. The van der Waals surface area contributed by atoms with Crippen LogP contribution in [0.4, 0.5) is 14.5 Å². The van der Waals surface area contributed by atoms with Crippen LogP contribution in [0.5, 0.6) is 0 Å². The highest BCUT2D eigenvalue weighted by Gasteiger charge is 2.48. The second-order valence-electron chi connectivity index (χ2n) is 7.95. The van der Waals surface area contributed by atoms with E-state index in [1.807, 2.05) is 15.9 Å². The van der Waals surface area contributed by atoms with Gasteiger partial charge >= 0.3 is 0 Å². The molecule has 2 fully saturated rings. The second-order valence-corrected chi connectivity index (χ2v) is 7.95. The van der Waals surface area contributed by atoms with Gasteiger partial charge in [0.25, 0.3) is 0 Å². The van der Waals surface area contributed by atoms with Gasteiger partial charge in [0, 0.05) is 31.7 Å². The number of anilines is 1. The minimum atomic E-state index is -0.626. The second kappa shape index (κ2) is 7.58. The number of rotatable bonds is 4. The lowest BCUT2D eigenvalue weighted by molar-refractivity contribution is -0.141. The zero-order valence-corrected chi connectivity index (χ0v) is 16.5. The highest BCUT2D eigenvalue weighted by molar-refractivity contribution is 5.94. The van der Waals surface area contributed by atoms with Crippen molar-refractivity contribution < 1.29 is 18.4 Å². The van der Waals surface area contributed by atoms with E-state index in [4.69, 9.17) is 0 Å². The summed E-state index contributed by atoms with van der Waals surface area (Å²) in [6.07, 6.45) is 2.42. The number of piperazine rings is 1. The van der Waals surface area contributed by atoms with Gasteiger partial charge in [0.1, 0.15) is 11.6 Å². The molecule has 1 heterocycles. The topological polar surface area (TPSA) is 40.6 Å². The Bertz CT molecular complexity index is 948. The van der Waals surface area contributed by atoms with Crippen molar-refractivity contribution in [3.8, 4) is 0 Å². The SMILES string of the molecule is CC(=O)c1ccc(N2CCN(C(=O)C3(c4cccc(F)c4)CCC3)CC2)c(F)c1. The monoisotopic (exact) mass is 398 g/mol. The van der Waals surface area contributed by atoms with Crippen LogP contribution in [0.3, 0.4) is 0 Å². The fourth-order valence-corrected chi connectivity index (χ4v) is 4.38. The Labute approximate surface area is 169 Å². The van der Waals surface area contributed by atoms with E-state index in [0.717, 1.165) is 24.8 Å². The molecule has 6 heteroatoms.